The smallest absolute Gasteiger partial charge is 0.0540 e. The molecule has 2 aliphatic carbocycles. The Hall–Kier alpha value is -7.74. The van der Waals surface area contributed by atoms with Gasteiger partial charge in [0.25, 0.3) is 0 Å². The molecule has 0 spiro atoms. The number of anilines is 3. The van der Waals surface area contributed by atoms with Crippen LogP contribution < -0.4 is 4.90 Å². The van der Waals surface area contributed by atoms with Crippen molar-refractivity contribution in [1.82, 2.24) is 0 Å². The number of hydrogen-bond acceptors (Lipinski definition) is 1. The summed E-state index contributed by atoms with van der Waals surface area (Å²) in [4.78, 5) is 2.50. The van der Waals surface area contributed by atoms with E-state index in [0.717, 1.165) is 17.1 Å². The number of nitrogens with zero attached hydrogens (tertiary/aromatic N) is 1. The third-order valence-electron chi connectivity index (χ3n) is 14.4. The number of para-hydroxylation sites is 1. The Morgan fingerprint density at radius 2 is 0.844 bits per heavy atom. The van der Waals surface area contributed by atoms with E-state index in [9.17, 15) is 0 Å². The van der Waals surface area contributed by atoms with Crippen LogP contribution >= 0.6 is 0 Å². The molecule has 0 bridgehead atoms. The Morgan fingerprint density at radius 1 is 0.328 bits per heavy atom. The Kier molecular flexibility index (Phi) is 8.71. The van der Waals surface area contributed by atoms with Gasteiger partial charge in [0.2, 0.25) is 0 Å². The SMILES string of the molecule is CC1(C)c2ccccc2-c2cccc(-c3ccccc3N(c3ccc(-c4ccccc4-c4cccc5ccccc45)cc3)c3ccc4c(c3)C(C)(c3ccccc3)c3ccccc3-4)c21. The van der Waals surface area contributed by atoms with Crippen molar-refractivity contribution >= 4 is 27.8 Å². The van der Waals surface area contributed by atoms with Crippen LogP contribution in [0.5, 0.6) is 0 Å². The minimum atomic E-state index is -0.334. The van der Waals surface area contributed by atoms with Gasteiger partial charge in [-0.1, -0.05) is 214 Å². The Labute approximate surface area is 376 Å². The predicted molar refractivity (Wildman–Crippen MR) is 270 cm³/mol. The molecular weight excluding hydrogens is 771 g/mol. The normalized spacial score (nSPS) is 15.3. The lowest BCUT2D eigenvalue weighted by molar-refractivity contribution is 0.662. The van der Waals surface area contributed by atoms with E-state index < -0.39 is 0 Å². The van der Waals surface area contributed by atoms with Gasteiger partial charge in [-0.05, 0) is 126 Å². The summed E-state index contributed by atoms with van der Waals surface area (Å²) in [6.45, 7) is 7.18. The Bertz CT molecular complexity index is 3420. The zero-order chi connectivity index (χ0) is 43.0. The van der Waals surface area contributed by atoms with Crippen LogP contribution in [0.3, 0.4) is 0 Å². The number of rotatable bonds is 7. The van der Waals surface area contributed by atoms with Gasteiger partial charge in [0.1, 0.15) is 0 Å². The third kappa shape index (κ3) is 5.70. The number of benzene rings is 10. The van der Waals surface area contributed by atoms with Crippen molar-refractivity contribution < 1.29 is 0 Å². The molecule has 1 heteroatoms. The summed E-state index contributed by atoms with van der Waals surface area (Å²) in [6.07, 6.45) is 0. The minimum absolute atomic E-state index is 0.170. The molecule has 1 atom stereocenters. The van der Waals surface area contributed by atoms with Gasteiger partial charge in [0, 0.05) is 27.8 Å². The summed E-state index contributed by atoms with van der Waals surface area (Å²) < 4.78 is 0. The highest BCUT2D eigenvalue weighted by Crippen LogP contribution is 2.56. The monoisotopic (exact) mass is 817 g/mol. The van der Waals surface area contributed by atoms with Crippen LogP contribution in [0, 0.1) is 0 Å². The summed E-state index contributed by atoms with van der Waals surface area (Å²) in [7, 11) is 0. The van der Waals surface area contributed by atoms with Crippen molar-refractivity contribution in [3.05, 3.63) is 258 Å². The van der Waals surface area contributed by atoms with Gasteiger partial charge in [0.15, 0.2) is 0 Å². The first-order valence-corrected chi connectivity index (χ1v) is 22.5. The van der Waals surface area contributed by atoms with Gasteiger partial charge in [-0.3, -0.25) is 0 Å². The van der Waals surface area contributed by atoms with Crippen molar-refractivity contribution in [3.8, 4) is 55.6 Å². The topological polar surface area (TPSA) is 3.24 Å². The maximum absolute atomic E-state index is 2.50. The van der Waals surface area contributed by atoms with E-state index in [1.54, 1.807) is 0 Å². The standard InChI is InChI=1S/C63H47N/c1-62(2)57-32-14-11-27-52(57)55-30-18-31-56(61(55)62)54-28-13-16-34-60(54)64(46-39-40-53-51-26-12-15-33-58(51)63(3,59(53)41-46)44-21-5-4-6-22-44)45-37-35-43(36-38-45)48-24-9-10-25-49(48)50-29-17-20-42-19-7-8-23-47(42)50/h4-41H,1-3H3. The van der Waals surface area contributed by atoms with E-state index in [0.29, 0.717) is 0 Å². The van der Waals surface area contributed by atoms with Crippen LogP contribution in [0.4, 0.5) is 17.1 Å². The van der Waals surface area contributed by atoms with E-state index in [2.05, 4.69) is 256 Å². The molecule has 10 aromatic carbocycles. The van der Waals surface area contributed by atoms with Crippen LogP contribution in [0.15, 0.2) is 231 Å². The van der Waals surface area contributed by atoms with Crippen molar-refractivity contribution in [2.24, 2.45) is 0 Å². The molecule has 0 heterocycles. The van der Waals surface area contributed by atoms with Gasteiger partial charge in [0.05, 0.1) is 5.69 Å². The van der Waals surface area contributed by atoms with Crippen molar-refractivity contribution in [3.63, 3.8) is 0 Å². The highest BCUT2D eigenvalue weighted by atomic mass is 15.1. The maximum atomic E-state index is 2.50. The van der Waals surface area contributed by atoms with Gasteiger partial charge in [-0.2, -0.15) is 0 Å². The van der Waals surface area contributed by atoms with E-state index in [1.807, 2.05) is 0 Å². The molecule has 1 nitrogen and oxygen atoms in total. The first kappa shape index (κ1) is 38.0. The molecule has 64 heavy (non-hydrogen) atoms. The zero-order valence-corrected chi connectivity index (χ0v) is 36.4. The fourth-order valence-electron chi connectivity index (χ4n) is 11.3. The molecule has 0 N–H and O–H groups in total. The lowest BCUT2D eigenvalue weighted by Crippen LogP contribution is -2.23. The predicted octanol–water partition coefficient (Wildman–Crippen LogP) is 17.0. The second-order valence-corrected chi connectivity index (χ2v) is 18.1. The fraction of sp³-hybridized carbons (Fsp3) is 0.0794. The van der Waals surface area contributed by atoms with Crippen LogP contribution in [0.25, 0.3) is 66.4 Å². The molecular formula is C63H47N. The van der Waals surface area contributed by atoms with E-state index in [1.165, 1.54) is 94.2 Å². The van der Waals surface area contributed by atoms with E-state index in [-0.39, 0.29) is 10.8 Å². The molecule has 0 aromatic heterocycles. The largest absolute Gasteiger partial charge is 0.310 e. The van der Waals surface area contributed by atoms with Crippen LogP contribution in [-0.4, -0.2) is 0 Å². The van der Waals surface area contributed by atoms with Crippen LogP contribution in [0.1, 0.15) is 48.6 Å². The van der Waals surface area contributed by atoms with Crippen molar-refractivity contribution in [2.75, 3.05) is 4.90 Å². The van der Waals surface area contributed by atoms with Crippen molar-refractivity contribution in [2.45, 2.75) is 31.6 Å². The summed E-state index contributed by atoms with van der Waals surface area (Å²) >= 11 is 0. The molecule has 12 rings (SSSR count). The molecule has 0 saturated carbocycles. The molecule has 10 aromatic rings. The highest BCUT2D eigenvalue weighted by Gasteiger charge is 2.42. The second-order valence-electron chi connectivity index (χ2n) is 18.1. The van der Waals surface area contributed by atoms with E-state index in [4.69, 9.17) is 0 Å². The lowest BCUT2D eigenvalue weighted by atomic mass is 9.74. The van der Waals surface area contributed by atoms with Crippen LogP contribution in [-0.2, 0) is 10.8 Å². The first-order valence-electron chi connectivity index (χ1n) is 22.5. The number of fused-ring (bicyclic) bond motifs is 7. The van der Waals surface area contributed by atoms with Gasteiger partial charge >= 0.3 is 0 Å². The number of hydrogen-bond donors (Lipinski definition) is 0. The minimum Gasteiger partial charge on any atom is -0.310 e. The third-order valence-corrected chi connectivity index (χ3v) is 14.4. The molecule has 0 fully saturated rings. The Morgan fingerprint density at radius 3 is 1.62 bits per heavy atom. The van der Waals surface area contributed by atoms with Gasteiger partial charge in [-0.15, -0.1) is 0 Å². The molecule has 0 saturated heterocycles. The second kappa shape index (κ2) is 14.7. The van der Waals surface area contributed by atoms with Gasteiger partial charge in [-0.25, -0.2) is 0 Å². The Balaban J connectivity index is 1.06. The fourth-order valence-corrected chi connectivity index (χ4v) is 11.3. The summed E-state index contributed by atoms with van der Waals surface area (Å²) in [5.41, 5.74) is 22.2. The molecule has 0 radical (unpaired) electrons. The highest BCUT2D eigenvalue weighted by molar-refractivity contribution is 6.01. The first-order chi connectivity index (χ1) is 31.4. The maximum Gasteiger partial charge on any atom is 0.0540 e. The summed E-state index contributed by atoms with van der Waals surface area (Å²) in [5, 5.41) is 2.51. The summed E-state index contributed by atoms with van der Waals surface area (Å²) in [6, 6.07) is 85.5. The summed E-state index contributed by atoms with van der Waals surface area (Å²) in [5.74, 6) is 0. The quantitative estimate of drug-likeness (QED) is 0.155. The molecule has 0 aliphatic heterocycles. The van der Waals surface area contributed by atoms with E-state index >= 15 is 0 Å². The molecule has 1 unspecified atom stereocenters. The van der Waals surface area contributed by atoms with Gasteiger partial charge < -0.3 is 4.90 Å². The molecule has 304 valence electrons. The van der Waals surface area contributed by atoms with Crippen molar-refractivity contribution in [1.29, 1.82) is 0 Å². The zero-order valence-electron chi connectivity index (χ0n) is 36.4. The average molecular weight is 818 g/mol. The van der Waals surface area contributed by atoms with Crippen LogP contribution in [0.2, 0.25) is 0 Å². The average Bonchev–Trinajstić information content (AvgIpc) is 3.76. The molecule has 2 aliphatic rings. The molecule has 0 amide bonds. The lowest BCUT2D eigenvalue weighted by Gasteiger charge is -2.32.